The van der Waals surface area contributed by atoms with E-state index in [0.29, 0.717) is 0 Å². The average molecular weight is 369 g/mol. The number of carboxylic acids is 1. The maximum Gasteiger partial charge on any atom is 0.335 e. The Morgan fingerprint density at radius 2 is 1.36 bits per heavy atom. The molecule has 2 N–H and O–H groups in total. The predicted molar refractivity (Wildman–Crippen MR) is 115 cm³/mol. The van der Waals surface area contributed by atoms with Gasteiger partial charge in [0.2, 0.25) is 0 Å². The molecule has 2 aliphatic carbocycles. The summed E-state index contributed by atoms with van der Waals surface area (Å²) in [6.07, 6.45) is 34.3. The van der Waals surface area contributed by atoms with Gasteiger partial charge in [-0.15, -0.1) is 0 Å². The minimum absolute atomic E-state index is 0.232. The topological polar surface area (TPSA) is 49.3 Å². The van der Waals surface area contributed by atoms with Crippen LogP contribution in [0.4, 0.5) is 0 Å². The van der Waals surface area contributed by atoms with Crippen molar-refractivity contribution in [1.29, 1.82) is 0 Å². The fourth-order valence-electron chi connectivity index (χ4n) is 3.13. The van der Waals surface area contributed by atoms with E-state index < -0.39 is 5.97 Å². The average Bonchev–Trinajstić information content (AvgIpc) is 3.10. The van der Waals surface area contributed by atoms with E-state index in [1.165, 1.54) is 11.1 Å². The zero-order valence-corrected chi connectivity index (χ0v) is 15.6. The van der Waals surface area contributed by atoms with Crippen molar-refractivity contribution in [3.05, 3.63) is 131 Å². The molecule has 3 rings (SSSR count). The first kappa shape index (κ1) is 19.2. The third-order valence-corrected chi connectivity index (χ3v) is 4.44. The molecule has 3 heteroatoms. The molecule has 140 valence electrons. The van der Waals surface area contributed by atoms with Gasteiger partial charge in [-0.25, -0.2) is 4.79 Å². The van der Waals surface area contributed by atoms with Gasteiger partial charge in [-0.2, -0.15) is 0 Å². The lowest BCUT2D eigenvalue weighted by atomic mass is 9.99. The van der Waals surface area contributed by atoms with Gasteiger partial charge in [-0.3, -0.25) is 0 Å². The van der Waals surface area contributed by atoms with Crippen molar-refractivity contribution in [2.45, 2.75) is 12.8 Å². The summed E-state index contributed by atoms with van der Waals surface area (Å²) >= 11 is 0. The molecule has 0 aromatic rings. The molecule has 0 unspecified atom stereocenters. The summed E-state index contributed by atoms with van der Waals surface area (Å²) in [6.45, 7) is 0. The van der Waals surface area contributed by atoms with Gasteiger partial charge in [-0.1, -0.05) is 79.0 Å². The van der Waals surface area contributed by atoms with Gasteiger partial charge in [0.25, 0.3) is 0 Å². The highest BCUT2D eigenvalue weighted by Gasteiger charge is 2.23. The third-order valence-electron chi connectivity index (χ3n) is 4.44. The van der Waals surface area contributed by atoms with E-state index in [1.807, 2.05) is 73.0 Å². The highest BCUT2D eigenvalue weighted by atomic mass is 16.4. The second-order valence-electron chi connectivity index (χ2n) is 6.36. The van der Waals surface area contributed by atoms with Crippen molar-refractivity contribution in [3.8, 4) is 0 Å². The number of nitrogens with one attached hydrogen (secondary N) is 1. The Kier molecular flexibility index (Phi) is 6.80. The SMILES string of the molecule is O=C(O)C1=C\C=C/C=C\C=C/C=C\C=C/C=C\C=C2/CCC3=C2/C(=C\1)NC=C3. The van der Waals surface area contributed by atoms with Gasteiger partial charge in [-0.05, 0) is 42.2 Å². The van der Waals surface area contributed by atoms with Gasteiger partial charge in [0.15, 0.2) is 0 Å². The second kappa shape index (κ2) is 9.93. The number of hydrogen-bond donors (Lipinski definition) is 2. The van der Waals surface area contributed by atoms with Crippen LogP contribution in [-0.2, 0) is 4.79 Å². The normalized spacial score (nSPS) is 31.6. The second-order valence-corrected chi connectivity index (χ2v) is 6.36. The number of allylic oxidation sites excluding steroid dienone is 17. The summed E-state index contributed by atoms with van der Waals surface area (Å²) in [5.41, 5.74) is 4.61. The predicted octanol–water partition coefficient (Wildman–Crippen LogP) is 5.37. The Bertz CT molecular complexity index is 955. The summed E-state index contributed by atoms with van der Waals surface area (Å²) in [4.78, 5) is 11.7. The van der Waals surface area contributed by atoms with Crippen LogP contribution >= 0.6 is 0 Å². The fraction of sp³-hybridized carbons (Fsp3) is 0.0800. The standard InChI is InChI=1S/C25H23NO2/c27-25(28)22-14-12-10-8-6-4-2-1-3-5-7-9-11-13-20-15-16-21-17-18-26-23(19-22)24(20)21/h1-14,17-19,26H,15-16H2,(H,27,28)/b3-1-,4-2-,7-5-,8-6-,11-9-,12-10-,20-13+,22-14-,23-19+. The summed E-state index contributed by atoms with van der Waals surface area (Å²) in [5.74, 6) is -0.955. The van der Waals surface area contributed by atoms with Crippen molar-refractivity contribution in [3.63, 3.8) is 0 Å². The van der Waals surface area contributed by atoms with Crippen LogP contribution in [0.1, 0.15) is 12.8 Å². The molecule has 0 saturated heterocycles. The van der Waals surface area contributed by atoms with Crippen LogP contribution < -0.4 is 5.32 Å². The molecule has 0 amide bonds. The maximum absolute atomic E-state index is 11.7. The van der Waals surface area contributed by atoms with Crippen molar-refractivity contribution < 1.29 is 9.90 Å². The van der Waals surface area contributed by atoms with Crippen molar-refractivity contribution in [1.82, 2.24) is 5.32 Å². The van der Waals surface area contributed by atoms with Gasteiger partial charge in [0.1, 0.15) is 0 Å². The molecule has 1 aliphatic heterocycles. The minimum Gasteiger partial charge on any atom is -0.478 e. The maximum atomic E-state index is 11.7. The summed E-state index contributed by atoms with van der Waals surface area (Å²) < 4.78 is 0. The van der Waals surface area contributed by atoms with E-state index in [9.17, 15) is 9.90 Å². The number of rotatable bonds is 1. The molecule has 0 bridgehead atoms. The fourth-order valence-corrected chi connectivity index (χ4v) is 3.13. The summed E-state index contributed by atoms with van der Waals surface area (Å²) in [6, 6.07) is 0. The molecule has 0 fully saturated rings. The summed E-state index contributed by atoms with van der Waals surface area (Å²) in [7, 11) is 0. The highest BCUT2D eigenvalue weighted by Crippen LogP contribution is 2.38. The van der Waals surface area contributed by atoms with Crippen LogP contribution in [0.25, 0.3) is 0 Å². The van der Waals surface area contributed by atoms with Crippen LogP contribution in [0.2, 0.25) is 0 Å². The van der Waals surface area contributed by atoms with Crippen molar-refractivity contribution in [2.24, 2.45) is 0 Å². The number of carbonyl (C=O) groups is 1. The largest absolute Gasteiger partial charge is 0.478 e. The molecule has 0 atom stereocenters. The van der Waals surface area contributed by atoms with Crippen molar-refractivity contribution >= 4 is 5.97 Å². The molecule has 0 radical (unpaired) electrons. The zero-order valence-electron chi connectivity index (χ0n) is 15.6. The lowest BCUT2D eigenvalue weighted by molar-refractivity contribution is -0.132. The van der Waals surface area contributed by atoms with Gasteiger partial charge in [0.05, 0.1) is 5.57 Å². The molecule has 3 nitrogen and oxygen atoms in total. The van der Waals surface area contributed by atoms with E-state index in [1.54, 1.807) is 18.2 Å². The molecular weight excluding hydrogens is 346 g/mol. The van der Waals surface area contributed by atoms with Crippen LogP contribution in [0.3, 0.4) is 0 Å². The summed E-state index contributed by atoms with van der Waals surface area (Å²) in [5, 5.41) is 12.8. The Balaban J connectivity index is 2.02. The van der Waals surface area contributed by atoms with Crippen LogP contribution in [0.5, 0.6) is 0 Å². The van der Waals surface area contributed by atoms with Crippen LogP contribution in [0, 0.1) is 0 Å². The molecule has 0 aromatic heterocycles. The number of hydrogen-bond acceptors (Lipinski definition) is 2. The highest BCUT2D eigenvalue weighted by molar-refractivity contribution is 5.90. The first-order valence-electron chi connectivity index (χ1n) is 9.28. The lowest BCUT2D eigenvalue weighted by Crippen LogP contribution is -2.13. The van der Waals surface area contributed by atoms with Crippen molar-refractivity contribution in [2.75, 3.05) is 0 Å². The van der Waals surface area contributed by atoms with Gasteiger partial charge < -0.3 is 10.4 Å². The number of dihydropyridines is 1. The Hall–Kier alpha value is -3.59. The molecule has 0 saturated carbocycles. The minimum atomic E-state index is -0.955. The monoisotopic (exact) mass is 369 g/mol. The van der Waals surface area contributed by atoms with Gasteiger partial charge in [0, 0.05) is 17.5 Å². The number of aliphatic carboxylic acids is 1. The molecule has 28 heavy (non-hydrogen) atoms. The van der Waals surface area contributed by atoms with Crippen LogP contribution in [0.15, 0.2) is 131 Å². The van der Waals surface area contributed by atoms with Crippen LogP contribution in [-0.4, -0.2) is 11.1 Å². The zero-order chi connectivity index (χ0) is 19.6. The molecule has 3 aliphatic rings. The third kappa shape index (κ3) is 5.21. The smallest absolute Gasteiger partial charge is 0.335 e. The Labute approximate surface area is 165 Å². The first-order chi connectivity index (χ1) is 13.8. The Morgan fingerprint density at radius 3 is 1.96 bits per heavy atom. The van der Waals surface area contributed by atoms with E-state index in [4.69, 9.17) is 0 Å². The number of carboxylic acid groups (broad SMARTS) is 1. The molecule has 1 heterocycles. The first-order valence-corrected chi connectivity index (χ1v) is 9.28. The molecule has 0 spiro atoms. The van der Waals surface area contributed by atoms with E-state index in [-0.39, 0.29) is 5.57 Å². The van der Waals surface area contributed by atoms with Gasteiger partial charge >= 0.3 is 5.97 Å². The molecular formula is C25H23NO2. The van der Waals surface area contributed by atoms with E-state index in [2.05, 4.69) is 17.5 Å². The molecule has 0 aromatic carbocycles. The quantitative estimate of drug-likeness (QED) is 0.654. The lowest BCUT2D eigenvalue weighted by Gasteiger charge is -2.16. The Morgan fingerprint density at radius 1 is 0.786 bits per heavy atom. The van der Waals surface area contributed by atoms with E-state index >= 15 is 0 Å². The van der Waals surface area contributed by atoms with E-state index in [0.717, 1.165) is 24.1 Å².